The number of halogens is 3. The van der Waals surface area contributed by atoms with Crippen LogP contribution >= 0.6 is 0 Å². The second-order valence-corrected chi connectivity index (χ2v) is 5.66. The fourth-order valence-electron chi connectivity index (χ4n) is 2.55. The summed E-state index contributed by atoms with van der Waals surface area (Å²) in [5.41, 5.74) is 2.12. The zero-order chi connectivity index (χ0) is 17.3. The molecule has 2 heterocycles. The van der Waals surface area contributed by atoms with Crippen LogP contribution in [0.15, 0.2) is 48.8 Å². The zero-order valence-electron chi connectivity index (χ0n) is 13.3. The second kappa shape index (κ2) is 6.07. The molecule has 0 unspecified atom stereocenters. The standard InChI is InChI=1S/C17H17F3N4/c1-23(2)15-7-6-12(17(18,19)20)9-14(15)21-10-13-11-22-16-5-3-4-8-24(13)16/h3-9,11,21H,10H2,1-2H3. The van der Waals surface area contributed by atoms with Gasteiger partial charge >= 0.3 is 6.18 Å². The Bertz CT molecular complexity index is 852. The molecule has 126 valence electrons. The van der Waals surface area contributed by atoms with Gasteiger partial charge in [-0.1, -0.05) is 6.07 Å². The summed E-state index contributed by atoms with van der Waals surface area (Å²) in [6, 6.07) is 9.34. The highest BCUT2D eigenvalue weighted by atomic mass is 19.4. The third kappa shape index (κ3) is 3.15. The Hall–Kier alpha value is -2.70. The van der Waals surface area contributed by atoms with Crippen molar-refractivity contribution in [1.29, 1.82) is 0 Å². The summed E-state index contributed by atoms with van der Waals surface area (Å²) in [5, 5.41) is 3.10. The van der Waals surface area contributed by atoms with E-state index in [-0.39, 0.29) is 0 Å². The lowest BCUT2D eigenvalue weighted by Gasteiger charge is -2.20. The zero-order valence-corrected chi connectivity index (χ0v) is 13.3. The van der Waals surface area contributed by atoms with Crippen LogP contribution in [-0.4, -0.2) is 23.5 Å². The van der Waals surface area contributed by atoms with E-state index in [9.17, 15) is 13.2 Å². The van der Waals surface area contributed by atoms with Crippen molar-refractivity contribution in [3.8, 4) is 0 Å². The van der Waals surface area contributed by atoms with Crippen LogP contribution in [0.3, 0.4) is 0 Å². The third-order valence-corrected chi connectivity index (χ3v) is 3.76. The van der Waals surface area contributed by atoms with E-state index < -0.39 is 11.7 Å². The highest BCUT2D eigenvalue weighted by molar-refractivity contribution is 5.70. The number of hydrogen-bond donors (Lipinski definition) is 1. The Balaban J connectivity index is 1.90. The maximum atomic E-state index is 13.0. The van der Waals surface area contributed by atoms with E-state index in [0.29, 0.717) is 17.9 Å². The average molecular weight is 334 g/mol. The Morgan fingerprint density at radius 3 is 2.67 bits per heavy atom. The normalized spacial score (nSPS) is 11.7. The van der Waals surface area contributed by atoms with Crippen LogP contribution in [0, 0.1) is 0 Å². The van der Waals surface area contributed by atoms with Gasteiger partial charge in [0.2, 0.25) is 0 Å². The molecule has 0 amide bonds. The molecule has 3 rings (SSSR count). The summed E-state index contributed by atoms with van der Waals surface area (Å²) in [5.74, 6) is 0. The SMILES string of the molecule is CN(C)c1ccc(C(F)(F)F)cc1NCc1cnc2ccccn12. The van der Waals surface area contributed by atoms with Gasteiger partial charge in [-0.25, -0.2) is 4.98 Å². The minimum absolute atomic E-state index is 0.368. The highest BCUT2D eigenvalue weighted by Gasteiger charge is 2.31. The van der Waals surface area contributed by atoms with Crippen molar-refractivity contribution >= 4 is 17.0 Å². The van der Waals surface area contributed by atoms with Gasteiger partial charge in [-0.3, -0.25) is 0 Å². The molecule has 0 atom stereocenters. The number of pyridine rings is 1. The molecular weight excluding hydrogens is 317 g/mol. The largest absolute Gasteiger partial charge is 0.416 e. The molecule has 0 aliphatic rings. The first-order chi connectivity index (χ1) is 11.4. The molecule has 24 heavy (non-hydrogen) atoms. The van der Waals surface area contributed by atoms with Crippen molar-refractivity contribution in [3.63, 3.8) is 0 Å². The fourth-order valence-corrected chi connectivity index (χ4v) is 2.55. The van der Waals surface area contributed by atoms with Crippen molar-refractivity contribution < 1.29 is 13.2 Å². The molecule has 2 aromatic heterocycles. The first-order valence-electron chi connectivity index (χ1n) is 7.39. The average Bonchev–Trinajstić information content (AvgIpc) is 2.95. The number of nitrogens with one attached hydrogen (secondary N) is 1. The predicted molar refractivity (Wildman–Crippen MR) is 88.3 cm³/mol. The van der Waals surface area contributed by atoms with E-state index in [2.05, 4.69) is 10.3 Å². The molecule has 3 aromatic rings. The lowest BCUT2D eigenvalue weighted by atomic mass is 10.1. The molecule has 0 fully saturated rings. The number of alkyl halides is 3. The van der Waals surface area contributed by atoms with Gasteiger partial charge in [0.05, 0.1) is 35.4 Å². The molecular formula is C17H17F3N4. The van der Waals surface area contributed by atoms with Gasteiger partial charge in [0.1, 0.15) is 5.65 Å². The van der Waals surface area contributed by atoms with Crippen LogP contribution in [0.5, 0.6) is 0 Å². The Labute approximate surface area is 137 Å². The monoisotopic (exact) mass is 334 g/mol. The topological polar surface area (TPSA) is 32.6 Å². The first-order valence-corrected chi connectivity index (χ1v) is 7.39. The molecule has 0 saturated heterocycles. The van der Waals surface area contributed by atoms with Crippen molar-refractivity contribution in [2.24, 2.45) is 0 Å². The van der Waals surface area contributed by atoms with Crippen LogP contribution in [0.4, 0.5) is 24.5 Å². The van der Waals surface area contributed by atoms with Crippen LogP contribution in [0.2, 0.25) is 0 Å². The van der Waals surface area contributed by atoms with Gasteiger partial charge in [-0.05, 0) is 30.3 Å². The third-order valence-electron chi connectivity index (χ3n) is 3.76. The molecule has 0 aliphatic heterocycles. The maximum absolute atomic E-state index is 13.0. The number of rotatable bonds is 4. The van der Waals surface area contributed by atoms with Crippen molar-refractivity contribution in [2.75, 3.05) is 24.3 Å². The molecule has 0 spiro atoms. The molecule has 0 aliphatic carbocycles. The van der Waals surface area contributed by atoms with Crippen molar-refractivity contribution in [1.82, 2.24) is 9.38 Å². The van der Waals surface area contributed by atoms with E-state index in [1.54, 1.807) is 25.2 Å². The van der Waals surface area contributed by atoms with E-state index in [4.69, 9.17) is 0 Å². The summed E-state index contributed by atoms with van der Waals surface area (Å²) in [7, 11) is 3.59. The lowest BCUT2D eigenvalue weighted by molar-refractivity contribution is -0.137. The van der Waals surface area contributed by atoms with E-state index in [0.717, 1.165) is 23.5 Å². The number of hydrogen-bond acceptors (Lipinski definition) is 3. The van der Waals surface area contributed by atoms with E-state index in [1.165, 1.54) is 6.07 Å². The molecule has 0 bridgehead atoms. The van der Waals surface area contributed by atoms with E-state index >= 15 is 0 Å². The summed E-state index contributed by atoms with van der Waals surface area (Å²) in [6.45, 7) is 0.368. The molecule has 7 heteroatoms. The second-order valence-electron chi connectivity index (χ2n) is 5.66. The lowest BCUT2D eigenvalue weighted by Crippen LogP contribution is -2.14. The van der Waals surface area contributed by atoms with Gasteiger partial charge in [0.15, 0.2) is 0 Å². The Morgan fingerprint density at radius 2 is 1.96 bits per heavy atom. The smallest absolute Gasteiger partial charge is 0.378 e. The van der Waals surface area contributed by atoms with Gasteiger partial charge in [-0.15, -0.1) is 0 Å². The van der Waals surface area contributed by atoms with Crippen molar-refractivity contribution in [3.05, 3.63) is 60.0 Å². The Morgan fingerprint density at radius 1 is 1.17 bits per heavy atom. The number of anilines is 2. The molecule has 0 saturated carbocycles. The van der Waals surface area contributed by atoms with Gasteiger partial charge in [-0.2, -0.15) is 13.2 Å². The van der Waals surface area contributed by atoms with Gasteiger partial charge in [0, 0.05) is 20.3 Å². The Kier molecular flexibility index (Phi) is 4.09. The first kappa shape index (κ1) is 16.2. The highest BCUT2D eigenvalue weighted by Crippen LogP contribution is 2.35. The van der Waals surface area contributed by atoms with E-state index in [1.807, 2.05) is 28.8 Å². The quantitative estimate of drug-likeness (QED) is 0.782. The summed E-state index contributed by atoms with van der Waals surface area (Å²) < 4.78 is 40.8. The predicted octanol–water partition coefficient (Wildman–Crippen LogP) is 4.03. The van der Waals surface area contributed by atoms with Crippen molar-refractivity contribution in [2.45, 2.75) is 12.7 Å². The summed E-state index contributed by atoms with van der Waals surface area (Å²) in [6.07, 6.45) is -0.784. The summed E-state index contributed by atoms with van der Waals surface area (Å²) >= 11 is 0. The molecule has 1 N–H and O–H groups in total. The molecule has 0 radical (unpaired) electrons. The number of fused-ring (bicyclic) bond motifs is 1. The number of nitrogens with zero attached hydrogens (tertiary/aromatic N) is 3. The molecule has 1 aromatic carbocycles. The minimum Gasteiger partial charge on any atom is -0.378 e. The van der Waals surface area contributed by atoms with Crippen LogP contribution in [0.1, 0.15) is 11.3 Å². The molecule has 4 nitrogen and oxygen atoms in total. The van der Waals surface area contributed by atoms with Crippen LogP contribution in [-0.2, 0) is 12.7 Å². The number of aromatic nitrogens is 2. The van der Waals surface area contributed by atoms with Crippen LogP contribution < -0.4 is 10.2 Å². The minimum atomic E-state index is -4.37. The van der Waals surface area contributed by atoms with Gasteiger partial charge in [0.25, 0.3) is 0 Å². The number of imidazole rings is 1. The summed E-state index contributed by atoms with van der Waals surface area (Å²) in [4.78, 5) is 6.05. The number of benzene rings is 1. The van der Waals surface area contributed by atoms with Crippen LogP contribution in [0.25, 0.3) is 5.65 Å². The maximum Gasteiger partial charge on any atom is 0.416 e. The fraction of sp³-hybridized carbons (Fsp3) is 0.235. The van der Waals surface area contributed by atoms with Gasteiger partial charge < -0.3 is 14.6 Å².